The van der Waals surface area contributed by atoms with Gasteiger partial charge in [-0.05, 0) is 30.4 Å². The van der Waals surface area contributed by atoms with E-state index in [2.05, 4.69) is 19.2 Å². The first-order chi connectivity index (χ1) is 8.52. The summed E-state index contributed by atoms with van der Waals surface area (Å²) in [5.41, 5.74) is 0.868. The fourth-order valence-electron chi connectivity index (χ4n) is 1.71. The molecule has 102 valence electrons. The highest BCUT2D eigenvalue weighted by Crippen LogP contribution is 2.15. The van der Waals surface area contributed by atoms with Crippen LogP contribution in [0.1, 0.15) is 45.3 Å². The number of hydrogen-bond donors (Lipinski definition) is 2. The van der Waals surface area contributed by atoms with Crippen LogP contribution in [0.3, 0.4) is 0 Å². The molecular formula is C14H24N2O2. The third-order valence-corrected chi connectivity index (χ3v) is 2.91. The summed E-state index contributed by atoms with van der Waals surface area (Å²) >= 11 is 0. The zero-order valence-corrected chi connectivity index (χ0v) is 11.5. The molecule has 1 unspecified atom stereocenters. The average molecular weight is 252 g/mol. The van der Waals surface area contributed by atoms with Crippen LogP contribution >= 0.6 is 0 Å². The van der Waals surface area contributed by atoms with Crippen molar-refractivity contribution in [3.63, 3.8) is 0 Å². The molecule has 1 aromatic heterocycles. The van der Waals surface area contributed by atoms with Crippen LogP contribution in [0.15, 0.2) is 18.5 Å². The standard InChI is InChI=1S/C14H24N2O2/c1-4-13(17)12-6-8-16(9-12)10-14(18)15-7-5-11(2)3/h6,8-9,11,13,17H,4-5,7,10H2,1-3H3,(H,15,18). The highest BCUT2D eigenvalue weighted by atomic mass is 16.3. The molecule has 1 atom stereocenters. The number of carbonyl (C=O) groups is 1. The second-order valence-corrected chi connectivity index (χ2v) is 5.07. The van der Waals surface area contributed by atoms with Gasteiger partial charge in [0.05, 0.1) is 6.10 Å². The lowest BCUT2D eigenvalue weighted by Crippen LogP contribution is -2.28. The smallest absolute Gasteiger partial charge is 0.239 e. The topological polar surface area (TPSA) is 54.3 Å². The van der Waals surface area contributed by atoms with Crippen LogP contribution in [0.2, 0.25) is 0 Å². The predicted octanol–water partition coefficient (Wildman–Crippen LogP) is 2.09. The summed E-state index contributed by atoms with van der Waals surface area (Å²) in [6, 6.07) is 1.86. The van der Waals surface area contributed by atoms with E-state index in [1.807, 2.05) is 25.4 Å². The molecule has 0 aliphatic carbocycles. The lowest BCUT2D eigenvalue weighted by molar-refractivity contribution is -0.121. The predicted molar refractivity (Wildman–Crippen MR) is 72.1 cm³/mol. The van der Waals surface area contributed by atoms with E-state index >= 15 is 0 Å². The number of aliphatic hydroxyl groups is 1. The zero-order valence-electron chi connectivity index (χ0n) is 11.5. The number of aromatic nitrogens is 1. The summed E-state index contributed by atoms with van der Waals surface area (Å²) in [7, 11) is 0. The molecule has 0 radical (unpaired) electrons. The quantitative estimate of drug-likeness (QED) is 0.780. The van der Waals surface area contributed by atoms with Crippen LogP contribution in [0.5, 0.6) is 0 Å². The maximum atomic E-state index is 11.6. The third-order valence-electron chi connectivity index (χ3n) is 2.91. The van der Waals surface area contributed by atoms with Crippen molar-refractivity contribution >= 4 is 5.91 Å². The van der Waals surface area contributed by atoms with E-state index in [1.54, 1.807) is 4.57 Å². The first-order valence-corrected chi connectivity index (χ1v) is 6.63. The lowest BCUT2D eigenvalue weighted by Gasteiger charge is -2.08. The van der Waals surface area contributed by atoms with Gasteiger partial charge in [0.15, 0.2) is 0 Å². The molecule has 1 aromatic rings. The third kappa shape index (κ3) is 4.92. The Morgan fingerprint density at radius 3 is 2.83 bits per heavy atom. The Morgan fingerprint density at radius 1 is 1.50 bits per heavy atom. The Labute approximate surface area is 109 Å². The van der Waals surface area contributed by atoms with Gasteiger partial charge in [-0.15, -0.1) is 0 Å². The summed E-state index contributed by atoms with van der Waals surface area (Å²) in [5, 5.41) is 12.6. The fourth-order valence-corrected chi connectivity index (χ4v) is 1.71. The van der Waals surface area contributed by atoms with Crippen LogP contribution in [0, 0.1) is 5.92 Å². The number of nitrogens with one attached hydrogen (secondary N) is 1. The molecule has 18 heavy (non-hydrogen) atoms. The molecular weight excluding hydrogens is 228 g/mol. The van der Waals surface area contributed by atoms with Crippen molar-refractivity contribution in [2.24, 2.45) is 5.92 Å². The first kappa shape index (κ1) is 14.8. The maximum absolute atomic E-state index is 11.6. The zero-order chi connectivity index (χ0) is 13.5. The molecule has 1 heterocycles. The molecule has 0 bridgehead atoms. The van der Waals surface area contributed by atoms with Gasteiger partial charge >= 0.3 is 0 Å². The number of nitrogens with zero attached hydrogens (tertiary/aromatic N) is 1. The van der Waals surface area contributed by atoms with E-state index in [-0.39, 0.29) is 5.91 Å². The van der Waals surface area contributed by atoms with Crippen molar-refractivity contribution in [1.29, 1.82) is 0 Å². The first-order valence-electron chi connectivity index (χ1n) is 6.63. The number of hydrogen-bond acceptors (Lipinski definition) is 2. The molecule has 1 amide bonds. The van der Waals surface area contributed by atoms with E-state index in [0.717, 1.165) is 18.5 Å². The highest BCUT2D eigenvalue weighted by molar-refractivity contribution is 5.75. The van der Waals surface area contributed by atoms with E-state index in [0.29, 0.717) is 18.9 Å². The molecule has 0 spiro atoms. The van der Waals surface area contributed by atoms with Gasteiger partial charge in [-0.1, -0.05) is 20.8 Å². The highest BCUT2D eigenvalue weighted by Gasteiger charge is 2.08. The van der Waals surface area contributed by atoms with Gasteiger partial charge < -0.3 is 15.0 Å². The van der Waals surface area contributed by atoms with Crippen molar-refractivity contribution in [2.75, 3.05) is 6.54 Å². The second kappa shape index (κ2) is 7.21. The van der Waals surface area contributed by atoms with Gasteiger partial charge in [-0.2, -0.15) is 0 Å². The minimum Gasteiger partial charge on any atom is -0.388 e. The minimum absolute atomic E-state index is 0.0174. The van der Waals surface area contributed by atoms with Crippen molar-refractivity contribution in [1.82, 2.24) is 9.88 Å². The molecule has 1 rings (SSSR count). The summed E-state index contributed by atoms with van der Waals surface area (Å²) in [4.78, 5) is 11.6. The molecule has 0 aromatic carbocycles. The Hall–Kier alpha value is -1.29. The van der Waals surface area contributed by atoms with Gasteiger partial charge in [0.25, 0.3) is 0 Å². The molecule has 4 nitrogen and oxygen atoms in total. The normalized spacial score (nSPS) is 12.7. The lowest BCUT2D eigenvalue weighted by atomic mass is 10.1. The molecule has 0 saturated heterocycles. The van der Waals surface area contributed by atoms with E-state index in [4.69, 9.17) is 0 Å². The van der Waals surface area contributed by atoms with Crippen LogP contribution in [-0.2, 0) is 11.3 Å². The Morgan fingerprint density at radius 2 is 2.22 bits per heavy atom. The Kier molecular flexibility index (Phi) is 5.92. The van der Waals surface area contributed by atoms with Crippen molar-refractivity contribution < 1.29 is 9.90 Å². The largest absolute Gasteiger partial charge is 0.388 e. The molecule has 0 aliphatic heterocycles. The summed E-state index contributed by atoms with van der Waals surface area (Å²) in [6.07, 6.45) is 4.91. The van der Waals surface area contributed by atoms with Crippen LogP contribution < -0.4 is 5.32 Å². The number of carbonyl (C=O) groups excluding carboxylic acids is 1. The summed E-state index contributed by atoms with van der Waals surface area (Å²) in [6.45, 7) is 7.24. The van der Waals surface area contributed by atoms with E-state index in [1.165, 1.54) is 0 Å². The van der Waals surface area contributed by atoms with Gasteiger partial charge in [-0.25, -0.2) is 0 Å². The fraction of sp³-hybridized carbons (Fsp3) is 0.643. The van der Waals surface area contributed by atoms with Crippen LogP contribution in [0.4, 0.5) is 0 Å². The van der Waals surface area contributed by atoms with Gasteiger partial charge in [0, 0.05) is 18.9 Å². The monoisotopic (exact) mass is 252 g/mol. The Bertz CT molecular complexity index is 372. The molecule has 0 saturated carbocycles. The number of aliphatic hydroxyl groups excluding tert-OH is 1. The number of rotatable bonds is 7. The second-order valence-electron chi connectivity index (χ2n) is 5.07. The van der Waals surface area contributed by atoms with E-state index < -0.39 is 6.10 Å². The van der Waals surface area contributed by atoms with Crippen LogP contribution in [0.25, 0.3) is 0 Å². The molecule has 0 aliphatic rings. The van der Waals surface area contributed by atoms with Gasteiger partial charge in [-0.3, -0.25) is 4.79 Å². The SMILES string of the molecule is CCC(O)c1ccn(CC(=O)NCCC(C)C)c1. The van der Waals surface area contributed by atoms with E-state index in [9.17, 15) is 9.90 Å². The number of amides is 1. The van der Waals surface area contributed by atoms with Crippen molar-refractivity contribution in [3.8, 4) is 0 Å². The minimum atomic E-state index is -0.435. The summed E-state index contributed by atoms with van der Waals surface area (Å²) in [5.74, 6) is 0.618. The molecule has 4 heteroatoms. The van der Waals surface area contributed by atoms with Gasteiger partial charge in [0.2, 0.25) is 5.91 Å². The maximum Gasteiger partial charge on any atom is 0.239 e. The Balaban J connectivity index is 2.38. The molecule has 2 N–H and O–H groups in total. The van der Waals surface area contributed by atoms with Crippen molar-refractivity contribution in [2.45, 2.75) is 46.3 Å². The molecule has 0 fully saturated rings. The van der Waals surface area contributed by atoms with Crippen molar-refractivity contribution in [3.05, 3.63) is 24.0 Å². The summed E-state index contributed by atoms with van der Waals surface area (Å²) < 4.78 is 1.80. The van der Waals surface area contributed by atoms with Gasteiger partial charge in [0.1, 0.15) is 6.54 Å². The average Bonchev–Trinajstić information content (AvgIpc) is 2.76. The van der Waals surface area contributed by atoms with Crippen LogP contribution in [-0.4, -0.2) is 22.1 Å².